The lowest BCUT2D eigenvalue weighted by atomic mass is 10.2. The number of nitro benzene ring substituents is 1. The summed E-state index contributed by atoms with van der Waals surface area (Å²) in [5, 5.41) is 22.7. The van der Waals surface area contributed by atoms with Crippen LogP contribution in [0.1, 0.15) is 16.1 Å². The molecule has 8 nitrogen and oxygen atoms in total. The van der Waals surface area contributed by atoms with Gasteiger partial charge in [-0.05, 0) is 25.1 Å². The summed E-state index contributed by atoms with van der Waals surface area (Å²) >= 11 is 0. The van der Waals surface area contributed by atoms with E-state index in [-0.39, 0.29) is 11.3 Å². The minimum atomic E-state index is -0.846. The Balaban J connectivity index is 2.41. The zero-order valence-corrected chi connectivity index (χ0v) is 10.9. The predicted octanol–water partition coefficient (Wildman–Crippen LogP) is 1.55. The quantitative estimate of drug-likeness (QED) is 0.449. The lowest BCUT2D eigenvalue weighted by Crippen LogP contribution is -2.23. The zero-order chi connectivity index (χ0) is 15.6. The number of H-pyrrole nitrogens is 1. The van der Waals surface area contributed by atoms with Crippen molar-refractivity contribution in [3.05, 3.63) is 62.1 Å². The third-order valence-corrected chi connectivity index (χ3v) is 2.76. The smallest absolute Gasteiger partial charge is 0.296 e. The molecule has 1 aromatic heterocycles. The normalized spacial score (nSPS) is 10.1. The average Bonchev–Trinajstić information content (AvgIpc) is 2.40. The summed E-state index contributed by atoms with van der Waals surface area (Å²) in [6, 6.07) is 6.43. The molecule has 0 saturated carbocycles. The summed E-state index contributed by atoms with van der Waals surface area (Å²) < 4.78 is 0. The summed E-state index contributed by atoms with van der Waals surface area (Å²) in [4.78, 5) is 36.3. The summed E-state index contributed by atoms with van der Waals surface area (Å²) in [5.74, 6) is -1.30. The number of nitrogens with one attached hydrogen (secondary N) is 2. The van der Waals surface area contributed by atoms with Crippen LogP contribution in [0.4, 0.5) is 11.4 Å². The van der Waals surface area contributed by atoms with Crippen LogP contribution in [0.15, 0.2) is 35.1 Å². The molecule has 0 spiro atoms. The van der Waals surface area contributed by atoms with Crippen LogP contribution in [0.25, 0.3) is 0 Å². The van der Waals surface area contributed by atoms with Gasteiger partial charge in [-0.3, -0.25) is 19.7 Å². The number of aromatic hydroxyl groups is 1. The Morgan fingerprint density at radius 3 is 2.67 bits per heavy atom. The van der Waals surface area contributed by atoms with Gasteiger partial charge in [-0.2, -0.15) is 0 Å². The zero-order valence-electron chi connectivity index (χ0n) is 10.9. The highest BCUT2D eigenvalue weighted by Crippen LogP contribution is 2.33. The number of hydrogen-bond donors (Lipinski definition) is 3. The van der Waals surface area contributed by atoms with E-state index in [2.05, 4.69) is 10.3 Å². The Labute approximate surface area is 118 Å². The number of carbonyl (C=O) groups excluding carboxylic acids is 1. The number of phenolic OH excluding ortho intramolecular Hbond substituents is 1. The van der Waals surface area contributed by atoms with Crippen molar-refractivity contribution in [2.45, 2.75) is 6.92 Å². The molecule has 0 atom stereocenters. The maximum absolute atomic E-state index is 12.0. The Kier molecular flexibility index (Phi) is 3.70. The number of phenols is 1. The SMILES string of the molecule is Cc1ccc(C(=O)Nc2c(O)cccc2[N+](=O)[O-])c(=O)[nH]1. The number of nitro groups is 1. The van der Waals surface area contributed by atoms with Gasteiger partial charge in [-0.25, -0.2) is 0 Å². The van der Waals surface area contributed by atoms with Crippen LogP contribution in [-0.2, 0) is 0 Å². The van der Waals surface area contributed by atoms with E-state index >= 15 is 0 Å². The highest BCUT2D eigenvalue weighted by Gasteiger charge is 2.21. The highest BCUT2D eigenvalue weighted by atomic mass is 16.6. The number of amides is 1. The third kappa shape index (κ3) is 2.89. The van der Waals surface area contributed by atoms with Crippen molar-refractivity contribution >= 4 is 17.3 Å². The van der Waals surface area contributed by atoms with E-state index in [1.165, 1.54) is 24.3 Å². The first-order valence-corrected chi connectivity index (χ1v) is 5.88. The van der Waals surface area contributed by atoms with Gasteiger partial charge in [0.25, 0.3) is 17.2 Å². The number of carbonyl (C=O) groups is 1. The molecular formula is C13H11N3O5. The summed E-state index contributed by atoms with van der Waals surface area (Å²) in [7, 11) is 0. The molecule has 0 saturated heterocycles. The summed E-state index contributed by atoms with van der Waals surface area (Å²) in [5.41, 5.74) is -1.08. The van der Waals surface area contributed by atoms with Crippen LogP contribution < -0.4 is 10.9 Å². The van der Waals surface area contributed by atoms with Gasteiger partial charge in [-0.15, -0.1) is 0 Å². The van der Waals surface area contributed by atoms with E-state index in [4.69, 9.17) is 0 Å². The van der Waals surface area contributed by atoms with Gasteiger partial charge in [-0.1, -0.05) is 6.07 Å². The second-order valence-corrected chi connectivity index (χ2v) is 4.27. The maximum atomic E-state index is 12.0. The number of benzene rings is 1. The van der Waals surface area contributed by atoms with Crippen molar-refractivity contribution in [1.29, 1.82) is 0 Å². The minimum absolute atomic E-state index is 0.210. The molecule has 0 aliphatic heterocycles. The molecule has 0 unspecified atom stereocenters. The second-order valence-electron chi connectivity index (χ2n) is 4.27. The summed E-state index contributed by atoms with van der Waals surface area (Å²) in [6.45, 7) is 1.65. The van der Waals surface area contributed by atoms with Crippen LogP contribution in [0.5, 0.6) is 5.75 Å². The van der Waals surface area contributed by atoms with E-state index in [0.29, 0.717) is 5.69 Å². The fourth-order valence-electron chi connectivity index (χ4n) is 1.74. The Bertz CT molecular complexity index is 782. The fourth-order valence-corrected chi connectivity index (χ4v) is 1.74. The molecule has 1 aromatic carbocycles. The number of anilines is 1. The fraction of sp³-hybridized carbons (Fsp3) is 0.0769. The average molecular weight is 289 g/mol. The van der Waals surface area contributed by atoms with Gasteiger partial charge >= 0.3 is 0 Å². The van der Waals surface area contributed by atoms with Crippen molar-refractivity contribution in [3.63, 3.8) is 0 Å². The number of hydrogen-bond acceptors (Lipinski definition) is 5. The van der Waals surface area contributed by atoms with Gasteiger partial charge < -0.3 is 15.4 Å². The molecule has 108 valence electrons. The first kappa shape index (κ1) is 14.3. The van der Waals surface area contributed by atoms with E-state index in [1.54, 1.807) is 6.92 Å². The molecule has 8 heteroatoms. The number of pyridine rings is 1. The van der Waals surface area contributed by atoms with E-state index in [9.17, 15) is 24.8 Å². The first-order valence-electron chi connectivity index (χ1n) is 5.88. The number of para-hydroxylation sites is 1. The van der Waals surface area contributed by atoms with Crippen LogP contribution in [0.2, 0.25) is 0 Å². The molecular weight excluding hydrogens is 278 g/mol. The number of aromatic amines is 1. The van der Waals surface area contributed by atoms with Crippen molar-refractivity contribution in [3.8, 4) is 5.75 Å². The van der Waals surface area contributed by atoms with E-state index in [0.717, 1.165) is 6.07 Å². The third-order valence-electron chi connectivity index (χ3n) is 2.76. The Morgan fingerprint density at radius 2 is 2.05 bits per heavy atom. The summed E-state index contributed by atoms with van der Waals surface area (Å²) in [6.07, 6.45) is 0. The van der Waals surface area contributed by atoms with Crippen molar-refractivity contribution in [2.75, 3.05) is 5.32 Å². The lowest BCUT2D eigenvalue weighted by molar-refractivity contribution is -0.384. The topological polar surface area (TPSA) is 125 Å². The van der Waals surface area contributed by atoms with Crippen LogP contribution >= 0.6 is 0 Å². The number of aromatic nitrogens is 1. The van der Waals surface area contributed by atoms with Gasteiger partial charge in [0.1, 0.15) is 11.3 Å². The van der Waals surface area contributed by atoms with Crippen molar-refractivity contribution in [1.82, 2.24) is 4.98 Å². The van der Waals surface area contributed by atoms with Gasteiger partial charge in [0.2, 0.25) is 0 Å². The monoisotopic (exact) mass is 289 g/mol. The molecule has 1 amide bonds. The van der Waals surface area contributed by atoms with Gasteiger partial charge in [0.15, 0.2) is 5.69 Å². The maximum Gasteiger partial charge on any atom is 0.296 e. The van der Waals surface area contributed by atoms with Crippen molar-refractivity contribution < 1.29 is 14.8 Å². The molecule has 2 aromatic rings. The second kappa shape index (κ2) is 5.45. The Morgan fingerprint density at radius 1 is 1.33 bits per heavy atom. The lowest BCUT2D eigenvalue weighted by Gasteiger charge is -2.07. The van der Waals surface area contributed by atoms with E-state index in [1.807, 2.05) is 0 Å². The largest absolute Gasteiger partial charge is 0.505 e. The van der Waals surface area contributed by atoms with Crippen LogP contribution in [0, 0.1) is 17.0 Å². The minimum Gasteiger partial charge on any atom is -0.505 e. The van der Waals surface area contributed by atoms with Crippen molar-refractivity contribution in [2.24, 2.45) is 0 Å². The van der Waals surface area contributed by atoms with Gasteiger partial charge in [0.05, 0.1) is 4.92 Å². The molecule has 2 rings (SSSR count). The number of nitrogens with zero attached hydrogens (tertiary/aromatic N) is 1. The van der Waals surface area contributed by atoms with E-state index < -0.39 is 27.8 Å². The molecule has 21 heavy (non-hydrogen) atoms. The molecule has 3 N–H and O–H groups in total. The molecule has 1 heterocycles. The highest BCUT2D eigenvalue weighted by molar-refractivity contribution is 6.06. The molecule has 0 fully saturated rings. The van der Waals surface area contributed by atoms with Crippen LogP contribution in [-0.4, -0.2) is 20.9 Å². The number of rotatable bonds is 3. The molecule has 0 bridgehead atoms. The molecule has 0 radical (unpaired) electrons. The molecule has 0 aliphatic rings. The van der Waals surface area contributed by atoms with Gasteiger partial charge in [0, 0.05) is 11.8 Å². The molecule has 0 aliphatic carbocycles. The van der Waals surface area contributed by atoms with Crippen LogP contribution in [0.3, 0.4) is 0 Å². The first-order chi connectivity index (χ1) is 9.90. The number of aryl methyl sites for hydroxylation is 1. The Hall–Kier alpha value is -3.16. The predicted molar refractivity (Wildman–Crippen MR) is 74.5 cm³/mol. The standard InChI is InChI=1S/C13H11N3O5/c1-7-5-6-8(12(18)14-7)13(19)15-11-9(16(20)21)3-2-4-10(11)17/h2-6,17H,1H3,(H,14,18)(H,15,19).